The molecule has 0 saturated heterocycles. The largest absolute Gasteiger partial charge is 0.480 e. The van der Waals surface area contributed by atoms with Crippen LogP contribution in [0.5, 0.6) is 0 Å². The number of amides is 1. The number of hydrogen-bond donors (Lipinski definition) is 1. The molecule has 0 spiro atoms. The minimum atomic E-state index is -1.18. The summed E-state index contributed by atoms with van der Waals surface area (Å²) < 4.78 is 13.4. The van der Waals surface area contributed by atoms with Gasteiger partial charge in [-0.05, 0) is 24.3 Å². The smallest absolute Gasteiger partial charge is 0.323 e. The van der Waals surface area contributed by atoms with Crippen molar-refractivity contribution >= 4 is 29.2 Å². The number of benzene rings is 2. The molecule has 0 bridgehead atoms. The molecule has 0 atom stereocenters. The van der Waals surface area contributed by atoms with Gasteiger partial charge in [-0.15, -0.1) is 0 Å². The summed E-state index contributed by atoms with van der Waals surface area (Å²) in [6.45, 7) is -0.546. The van der Waals surface area contributed by atoms with Gasteiger partial charge in [-0.2, -0.15) is 0 Å². The Morgan fingerprint density at radius 2 is 1.76 bits per heavy atom. The van der Waals surface area contributed by atoms with E-state index in [2.05, 4.69) is 0 Å². The van der Waals surface area contributed by atoms with Gasteiger partial charge in [0.15, 0.2) is 0 Å². The third kappa shape index (κ3) is 3.38. The van der Waals surface area contributed by atoms with Crippen molar-refractivity contribution in [3.8, 4) is 0 Å². The van der Waals surface area contributed by atoms with Crippen molar-refractivity contribution in [1.29, 1.82) is 0 Å². The number of anilines is 1. The summed E-state index contributed by atoms with van der Waals surface area (Å²) in [7, 11) is 0. The SMILES string of the molecule is O=C(O)CN(C(=O)c1cccc(F)c1Cl)c1ccccc1. The zero-order chi connectivity index (χ0) is 15.4. The first-order chi connectivity index (χ1) is 10.0. The Morgan fingerprint density at radius 3 is 2.38 bits per heavy atom. The summed E-state index contributed by atoms with van der Waals surface area (Å²) in [6.07, 6.45) is 0. The van der Waals surface area contributed by atoms with Crippen LogP contribution in [0.25, 0.3) is 0 Å². The van der Waals surface area contributed by atoms with Crippen molar-refractivity contribution in [2.75, 3.05) is 11.4 Å². The minimum absolute atomic E-state index is 0.0817. The average molecular weight is 308 g/mol. The molecule has 0 heterocycles. The maximum atomic E-state index is 13.4. The maximum absolute atomic E-state index is 13.4. The van der Waals surface area contributed by atoms with Crippen LogP contribution in [0, 0.1) is 5.82 Å². The summed E-state index contributed by atoms with van der Waals surface area (Å²) in [6, 6.07) is 12.1. The van der Waals surface area contributed by atoms with Gasteiger partial charge in [0.1, 0.15) is 12.4 Å². The van der Waals surface area contributed by atoms with Crippen molar-refractivity contribution in [2.24, 2.45) is 0 Å². The Balaban J connectivity index is 2.44. The van der Waals surface area contributed by atoms with Gasteiger partial charge >= 0.3 is 5.97 Å². The Bertz CT molecular complexity index is 676. The van der Waals surface area contributed by atoms with Crippen LogP contribution in [0.1, 0.15) is 10.4 Å². The molecule has 0 aromatic heterocycles. The van der Waals surface area contributed by atoms with Crippen LogP contribution in [0.3, 0.4) is 0 Å². The number of halogens is 2. The third-order valence-electron chi connectivity index (χ3n) is 2.79. The van der Waals surface area contributed by atoms with Crippen molar-refractivity contribution in [1.82, 2.24) is 0 Å². The fourth-order valence-electron chi connectivity index (χ4n) is 1.84. The lowest BCUT2D eigenvalue weighted by Gasteiger charge is -2.21. The summed E-state index contributed by atoms with van der Waals surface area (Å²) in [4.78, 5) is 24.5. The molecule has 21 heavy (non-hydrogen) atoms. The molecule has 108 valence electrons. The van der Waals surface area contributed by atoms with Crippen LogP contribution in [0.4, 0.5) is 10.1 Å². The molecule has 2 aromatic rings. The maximum Gasteiger partial charge on any atom is 0.323 e. The molecule has 0 fully saturated rings. The first-order valence-corrected chi connectivity index (χ1v) is 6.41. The molecule has 1 N–H and O–H groups in total. The Kier molecular flexibility index (Phi) is 4.55. The summed E-state index contributed by atoms with van der Waals surface area (Å²) in [5.74, 6) is -2.58. The highest BCUT2D eigenvalue weighted by Crippen LogP contribution is 2.24. The molecule has 0 aliphatic carbocycles. The predicted octanol–water partition coefficient (Wildman–Crippen LogP) is 3.21. The molecule has 6 heteroatoms. The Hall–Kier alpha value is -2.40. The highest BCUT2D eigenvalue weighted by atomic mass is 35.5. The number of carbonyl (C=O) groups excluding carboxylic acids is 1. The zero-order valence-electron chi connectivity index (χ0n) is 10.8. The van der Waals surface area contributed by atoms with E-state index in [0.717, 1.165) is 11.0 Å². The van der Waals surface area contributed by atoms with E-state index >= 15 is 0 Å². The van der Waals surface area contributed by atoms with Gasteiger partial charge in [0, 0.05) is 5.69 Å². The molecule has 2 aromatic carbocycles. The molecule has 0 aliphatic heterocycles. The molecule has 0 unspecified atom stereocenters. The van der Waals surface area contributed by atoms with Gasteiger partial charge < -0.3 is 5.11 Å². The molecular weight excluding hydrogens is 297 g/mol. The molecular formula is C15H11ClFNO3. The van der Waals surface area contributed by atoms with Crippen molar-refractivity contribution < 1.29 is 19.1 Å². The topological polar surface area (TPSA) is 57.6 Å². The quantitative estimate of drug-likeness (QED) is 0.943. The van der Waals surface area contributed by atoms with Crippen LogP contribution in [-0.2, 0) is 4.79 Å². The van der Waals surface area contributed by atoms with E-state index in [1.807, 2.05) is 0 Å². The lowest BCUT2D eigenvalue weighted by atomic mass is 10.1. The average Bonchev–Trinajstić information content (AvgIpc) is 2.48. The van der Waals surface area contributed by atoms with Crippen LogP contribution >= 0.6 is 11.6 Å². The predicted molar refractivity (Wildman–Crippen MR) is 77.2 cm³/mol. The van der Waals surface area contributed by atoms with Gasteiger partial charge in [0.05, 0.1) is 10.6 Å². The lowest BCUT2D eigenvalue weighted by Crippen LogP contribution is -2.36. The van der Waals surface area contributed by atoms with E-state index in [1.165, 1.54) is 12.1 Å². The monoisotopic (exact) mass is 307 g/mol. The zero-order valence-corrected chi connectivity index (χ0v) is 11.5. The number of carboxylic acid groups (broad SMARTS) is 1. The van der Waals surface area contributed by atoms with E-state index < -0.39 is 24.2 Å². The first kappa shape index (κ1) is 15.0. The number of hydrogen-bond acceptors (Lipinski definition) is 2. The fraction of sp³-hybridized carbons (Fsp3) is 0.0667. The van der Waals surface area contributed by atoms with E-state index in [9.17, 15) is 14.0 Å². The number of carboxylic acids is 1. The van der Waals surface area contributed by atoms with E-state index in [4.69, 9.17) is 16.7 Å². The first-order valence-electron chi connectivity index (χ1n) is 6.03. The second-order valence-corrected chi connectivity index (χ2v) is 4.60. The Morgan fingerprint density at radius 1 is 1.10 bits per heavy atom. The molecule has 1 amide bonds. The number of nitrogens with zero attached hydrogens (tertiary/aromatic N) is 1. The van der Waals surface area contributed by atoms with Gasteiger partial charge in [-0.3, -0.25) is 14.5 Å². The number of rotatable bonds is 4. The molecule has 4 nitrogen and oxygen atoms in total. The number of para-hydroxylation sites is 1. The summed E-state index contributed by atoms with van der Waals surface area (Å²) >= 11 is 5.79. The van der Waals surface area contributed by atoms with Crippen LogP contribution in [0.15, 0.2) is 48.5 Å². The van der Waals surface area contributed by atoms with Gasteiger partial charge in [-0.1, -0.05) is 35.9 Å². The molecule has 0 radical (unpaired) electrons. The molecule has 2 rings (SSSR count). The number of aliphatic carboxylic acids is 1. The van der Waals surface area contributed by atoms with Crippen molar-refractivity contribution in [3.05, 3.63) is 64.9 Å². The van der Waals surface area contributed by atoms with Gasteiger partial charge in [0.25, 0.3) is 5.91 Å². The minimum Gasteiger partial charge on any atom is -0.480 e. The lowest BCUT2D eigenvalue weighted by molar-refractivity contribution is -0.135. The van der Waals surface area contributed by atoms with Gasteiger partial charge in [0.2, 0.25) is 0 Å². The van der Waals surface area contributed by atoms with E-state index in [0.29, 0.717) is 5.69 Å². The highest BCUT2D eigenvalue weighted by molar-refractivity contribution is 6.34. The standard InChI is InChI=1S/C15H11ClFNO3/c16-14-11(7-4-8-12(14)17)15(21)18(9-13(19)20)10-5-2-1-3-6-10/h1-8H,9H2,(H,19,20). The second kappa shape index (κ2) is 6.37. The van der Waals surface area contributed by atoms with E-state index in [-0.39, 0.29) is 10.6 Å². The fourth-order valence-corrected chi connectivity index (χ4v) is 2.04. The second-order valence-electron chi connectivity index (χ2n) is 4.22. The molecule has 0 aliphatic rings. The summed E-state index contributed by atoms with van der Waals surface area (Å²) in [5, 5.41) is 8.64. The summed E-state index contributed by atoms with van der Waals surface area (Å²) in [5.41, 5.74) is 0.312. The van der Waals surface area contributed by atoms with Gasteiger partial charge in [-0.25, -0.2) is 4.39 Å². The highest BCUT2D eigenvalue weighted by Gasteiger charge is 2.23. The number of carbonyl (C=O) groups is 2. The normalized spacial score (nSPS) is 10.2. The van der Waals surface area contributed by atoms with Crippen molar-refractivity contribution in [2.45, 2.75) is 0 Å². The van der Waals surface area contributed by atoms with Crippen LogP contribution in [-0.4, -0.2) is 23.5 Å². The third-order valence-corrected chi connectivity index (χ3v) is 3.17. The van der Waals surface area contributed by atoms with Crippen molar-refractivity contribution in [3.63, 3.8) is 0 Å². The molecule has 0 saturated carbocycles. The van der Waals surface area contributed by atoms with E-state index in [1.54, 1.807) is 30.3 Å². The van der Waals surface area contributed by atoms with Crippen LogP contribution in [0.2, 0.25) is 5.02 Å². The Labute approximate surface area is 125 Å². The van der Waals surface area contributed by atoms with Crippen LogP contribution < -0.4 is 4.90 Å².